The minimum absolute atomic E-state index is 0.0214. The first-order chi connectivity index (χ1) is 10.0. The summed E-state index contributed by atoms with van der Waals surface area (Å²) < 4.78 is 0. The standard InChI is InChI=1S/C15H22ClN3O2/c1-3-8-17-14(20)9-18-15(21)11-19(2)10-12-4-6-13(16)7-5-12/h4-7H,3,8-11H2,1-2H3,(H,17,20)(H,18,21). The molecule has 21 heavy (non-hydrogen) atoms. The zero-order chi connectivity index (χ0) is 15.7. The summed E-state index contributed by atoms with van der Waals surface area (Å²) in [5, 5.41) is 6.00. The molecule has 1 aromatic rings. The van der Waals surface area contributed by atoms with Crippen molar-refractivity contribution in [1.29, 1.82) is 0 Å². The summed E-state index contributed by atoms with van der Waals surface area (Å²) in [5.41, 5.74) is 1.08. The van der Waals surface area contributed by atoms with Crippen molar-refractivity contribution in [3.8, 4) is 0 Å². The largest absolute Gasteiger partial charge is 0.355 e. The molecule has 0 atom stereocenters. The lowest BCUT2D eigenvalue weighted by Crippen LogP contribution is -2.41. The predicted molar refractivity (Wildman–Crippen MR) is 84.1 cm³/mol. The lowest BCUT2D eigenvalue weighted by atomic mass is 10.2. The van der Waals surface area contributed by atoms with E-state index in [1.807, 2.05) is 43.1 Å². The highest BCUT2D eigenvalue weighted by molar-refractivity contribution is 6.30. The number of rotatable bonds is 8. The Kier molecular flexibility index (Phi) is 7.79. The molecule has 5 nitrogen and oxygen atoms in total. The van der Waals surface area contributed by atoms with Crippen LogP contribution in [0.1, 0.15) is 18.9 Å². The molecule has 6 heteroatoms. The highest BCUT2D eigenvalue weighted by Gasteiger charge is 2.08. The fourth-order valence-corrected chi connectivity index (χ4v) is 1.89. The van der Waals surface area contributed by atoms with Gasteiger partial charge in [0.1, 0.15) is 0 Å². The van der Waals surface area contributed by atoms with Crippen LogP contribution in [0, 0.1) is 0 Å². The third-order valence-corrected chi connectivity index (χ3v) is 3.05. The second-order valence-corrected chi connectivity index (χ2v) is 5.36. The number of halogens is 1. The van der Waals surface area contributed by atoms with Gasteiger partial charge in [-0.3, -0.25) is 14.5 Å². The van der Waals surface area contributed by atoms with Crippen molar-refractivity contribution in [3.05, 3.63) is 34.9 Å². The van der Waals surface area contributed by atoms with E-state index in [9.17, 15) is 9.59 Å². The Morgan fingerprint density at radius 3 is 2.43 bits per heavy atom. The van der Waals surface area contributed by atoms with Crippen LogP contribution in [0.15, 0.2) is 24.3 Å². The number of hydrogen-bond donors (Lipinski definition) is 2. The Morgan fingerprint density at radius 2 is 1.81 bits per heavy atom. The SMILES string of the molecule is CCCNC(=O)CNC(=O)CN(C)Cc1ccc(Cl)cc1. The Hall–Kier alpha value is -1.59. The van der Waals surface area contributed by atoms with Gasteiger partial charge in [0.15, 0.2) is 0 Å². The van der Waals surface area contributed by atoms with Gasteiger partial charge in [0.2, 0.25) is 11.8 Å². The number of benzene rings is 1. The van der Waals surface area contributed by atoms with Crippen molar-refractivity contribution in [1.82, 2.24) is 15.5 Å². The summed E-state index contributed by atoms with van der Waals surface area (Å²) in [6.45, 7) is 3.51. The summed E-state index contributed by atoms with van der Waals surface area (Å²) in [6.07, 6.45) is 0.878. The monoisotopic (exact) mass is 311 g/mol. The molecule has 0 spiro atoms. The van der Waals surface area contributed by atoms with E-state index in [1.165, 1.54) is 0 Å². The Labute approximate surface area is 130 Å². The fourth-order valence-electron chi connectivity index (χ4n) is 1.76. The van der Waals surface area contributed by atoms with Crippen LogP contribution >= 0.6 is 11.6 Å². The van der Waals surface area contributed by atoms with E-state index < -0.39 is 0 Å². The van der Waals surface area contributed by atoms with Gasteiger partial charge in [0.05, 0.1) is 13.1 Å². The van der Waals surface area contributed by atoms with Crippen molar-refractivity contribution in [2.24, 2.45) is 0 Å². The lowest BCUT2D eigenvalue weighted by Gasteiger charge is -2.16. The first-order valence-electron chi connectivity index (χ1n) is 6.97. The minimum Gasteiger partial charge on any atom is -0.355 e. The third kappa shape index (κ3) is 7.68. The van der Waals surface area contributed by atoms with Crippen molar-refractivity contribution >= 4 is 23.4 Å². The van der Waals surface area contributed by atoms with Crippen LogP contribution in [0.5, 0.6) is 0 Å². The predicted octanol–water partition coefficient (Wildman–Crippen LogP) is 1.41. The van der Waals surface area contributed by atoms with Crippen LogP contribution in [-0.2, 0) is 16.1 Å². The molecule has 0 unspecified atom stereocenters. The highest BCUT2D eigenvalue weighted by Crippen LogP contribution is 2.10. The summed E-state index contributed by atoms with van der Waals surface area (Å²) >= 11 is 5.82. The molecule has 0 bridgehead atoms. The van der Waals surface area contributed by atoms with E-state index in [2.05, 4.69) is 10.6 Å². The smallest absolute Gasteiger partial charge is 0.239 e. The zero-order valence-electron chi connectivity index (χ0n) is 12.5. The van der Waals surface area contributed by atoms with Gasteiger partial charge in [0, 0.05) is 18.1 Å². The maximum atomic E-state index is 11.7. The second kappa shape index (κ2) is 9.37. The summed E-state index contributed by atoms with van der Waals surface area (Å²) in [6, 6.07) is 7.50. The van der Waals surface area contributed by atoms with Crippen molar-refractivity contribution in [3.63, 3.8) is 0 Å². The number of amides is 2. The summed E-state index contributed by atoms with van der Waals surface area (Å²) in [7, 11) is 1.85. The molecule has 0 heterocycles. The molecule has 2 amide bonds. The molecular weight excluding hydrogens is 290 g/mol. The van der Waals surface area contributed by atoms with Gasteiger partial charge in [-0.15, -0.1) is 0 Å². The van der Waals surface area contributed by atoms with Crippen LogP contribution in [0.3, 0.4) is 0 Å². The Morgan fingerprint density at radius 1 is 1.14 bits per heavy atom. The van der Waals surface area contributed by atoms with Crippen LogP contribution in [0.2, 0.25) is 5.02 Å². The maximum absolute atomic E-state index is 11.7. The van der Waals surface area contributed by atoms with Gasteiger partial charge in [-0.2, -0.15) is 0 Å². The first-order valence-corrected chi connectivity index (χ1v) is 7.35. The first kappa shape index (κ1) is 17.5. The van der Waals surface area contributed by atoms with E-state index in [0.29, 0.717) is 18.1 Å². The Balaban J connectivity index is 2.27. The van der Waals surface area contributed by atoms with Gasteiger partial charge < -0.3 is 10.6 Å². The number of nitrogens with zero attached hydrogens (tertiary/aromatic N) is 1. The van der Waals surface area contributed by atoms with Crippen LogP contribution < -0.4 is 10.6 Å². The van der Waals surface area contributed by atoms with Crippen LogP contribution in [-0.4, -0.2) is 43.4 Å². The van der Waals surface area contributed by atoms with Crippen molar-refractivity contribution in [2.45, 2.75) is 19.9 Å². The molecule has 0 aliphatic heterocycles. The van der Waals surface area contributed by atoms with Gasteiger partial charge in [0.25, 0.3) is 0 Å². The number of nitrogens with one attached hydrogen (secondary N) is 2. The third-order valence-electron chi connectivity index (χ3n) is 2.80. The number of likely N-dealkylation sites (N-methyl/N-ethyl adjacent to an activating group) is 1. The van der Waals surface area contributed by atoms with Crippen molar-refractivity contribution in [2.75, 3.05) is 26.7 Å². The highest BCUT2D eigenvalue weighted by atomic mass is 35.5. The molecule has 0 saturated carbocycles. The van der Waals surface area contributed by atoms with Crippen molar-refractivity contribution < 1.29 is 9.59 Å². The molecule has 0 aliphatic rings. The number of carbonyl (C=O) groups is 2. The molecular formula is C15H22ClN3O2. The molecule has 0 aliphatic carbocycles. The summed E-state index contributed by atoms with van der Waals surface area (Å²) in [4.78, 5) is 25.0. The van der Waals surface area contributed by atoms with Gasteiger partial charge in [-0.25, -0.2) is 0 Å². The van der Waals surface area contributed by atoms with E-state index in [0.717, 1.165) is 12.0 Å². The molecule has 1 rings (SSSR count). The summed E-state index contributed by atoms with van der Waals surface area (Å²) in [5.74, 6) is -0.330. The topological polar surface area (TPSA) is 61.4 Å². The van der Waals surface area contributed by atoms with Gasteiger partial charge in [-0.1, -0.05) is 30.7 Å². The Bertz CT molecular complexity index is 462. The minimum atomic E-state index is -0.168. The molecule has 0 radical (unpaired) electrons. The van der Waals surface area contributed by atoms with Gasteiger partial charge >= 0.3 is 0 Å². The fraction of sp³-hybridized carbons (Fsp3) is 0.467. The number of hydrogen-bond acceptors (Lipinski definition) is 3. The molecule has 0 fully saturated rings. The van der Waals surface area contributed by atoms with E-state index in [-0.39, 0.29) is 24.9 Å². The molecule has 116 valence electrons. The lowest BCUT2D eigenvalue weighted by molar-refractivity contribution is -0.126. The molecule has 1 aromatic carbocycles. The normalized spacial score (nSPS) is 10.5. The average molecular weight is 312 g/mol. The van der Waals surface area contributed by atoms with E-state index in [1.54, 1.807) is 0 Å². The van der Waals surface area contributed by atoms with E-state index in [4.69, 9.17) is 11.6 Å². The van der Waals surface area contributed by atoms with Gasteiger partial charge in [-0.05, 0) is 31.2 Å². The van der Waals surface area contributed by atoms with Crippen LogP contribution in [0.4, 0.5) is 0 Å². The molecule has 0 saturated heterocycles. The van der Waals surface area contributed by atoms with Crippen LogP contribution in [0.25, 0.3) is 0 Å². The quantitative estimate of drug-likeness (QED) is 0.763. The maximum Gasteiger partial charge on any atom is 0.239 e. The van der Waals surface area contributed by atoms with E-state index >= 15 is 0 Å². The zero-order valence-corrected chi connectivity index (χ0v) is 13.2. The molecule has 0 aromatic heterocycles. The molecule has 2 N–H and O–H groups in total. The second-order valence-electron chi connectivity index (χ2n) is 4.93. The number of carbonyl (C=O) groups excluding carboxylic acids is 2. The average Bonchev–Trinajstić information content (AvgIpc) is 2.45.